The Hall–Kier alpha value is -1.12. The molecule has 1 heterocycles. The maximum atomic E-state index is 12.6. The van der Waals surface area contributed by atoms with Crippen molar-refractivity contribution in [2.75, 3.05) is 0 Å². The molecule has 0 aliphatic carbocycles. The van der Waals surface area contributed by atoms with Crippen LogP contribution in [0.3, 0.4) is 0 Å². The van der Waals surface area contributed by atoms with E-state index in [4.69, 9.17) is 5.11 Å². The van der Waals surface area contributed by atoms with Crippen molar-refractivity contribution in [1.82, 2.24) is 4.98 Å². The third-order valence-corrected chi connectivity index (χ3v) is 1.44. The summed E-state index contributed by atoms with van der Waals surface area (Å²) in [5, 5.41) is 8.79. The SMILES string of the molecule is CC(C)c1ccc(O)c(F)n1. The lowest BCUT2D eigenvalue weighted by Gasteiger charge is -2.03. The van der Waals surface area contributed by atoms with Crippen LogP contribution in [0.1, 0.15) is 25.5 Å². The molecule has 0 saturated heterocycles. The predicted octanol–water partition coefficient (Wildman–Crippen LogP) is 2.05. The zero-order chi connectivity index (χ0) is 8.43. The topological polar surface area (TPSA) is 33.1 Å². The molecule has 11 heavy (non-hydrogen) atoms. The van der Waals surface area contributed by atoms with E-state index in [1.165, 1.54) is 6.07 Å². The van der Waals surface area contributed by atoms with E-state index < -0.39 is 11.7 Å². The first-order chi connectivity index (χ1) is 5.11. The number of rotatable bonds is 1. The Bertz CT molecular complexity index is 260. The molecular formula is C8H10FNO. The second-order valence-electron chi connectivity index (χ2n) is 2.70. The number of hydrogen-bond donors (Lipinski definition) is 1. The van der Waals surface area contributed by atoms with Gasteiger partial charge in [0.15, 0.2) is 5.75 Å². The van der Waals surface area contributed by atoms with Gasteiger partial charge >= 0.3 is 0 Å². The molecule has 0 aromatic carbocycles. The number of aromatic hydroxyl groups is 1. The van der Waals surface area contributed by atoms with Crippen LogP contribution in [-0.4, -0.2) is 10.1 Å². The Labute approximate surface area is 64.7 Å². The van der Waals surface area contributed by atoms with Crippen molar-refractivity contribution in [1.29, 1.82) is 0 Å². The Morgan fingerprint density at radius 1 is 1.45 bits per heavy atom. The summed E-state index contributed by atoms with van der Waals surface area (Å²) in [5.41, 5.74) is 0.653. The molecule has 0 bridgehead atoms. The van der Waals surface area contributed by atoms with Gasteiger partial charge in [0.05, 0.1) is 0 Å². The van der Waals surface area contributed by atoms with Crippen molar-refractivity contribution < 1.29 is 9.50 Å². The van der Waals surface area contributed by atoms with Crippen LogP contribution in [0.5, 0.6) is 5.75 Å². The van der Waals surface area contributed by atoms with Crippen LogP contribution >= 0.6 is 0 Å². The molecule has 0 saturated carbocycles. The van der Waals surface area contributed by atoms with Gasteiger partial charge in [0.2, 0.25) is 0 Å². The van der Waals surface area contributed by atoms with E-state index in [1.54, 1.807) is 6.07 Å². The zero-order valence-corrected chi connectivity index (χ0v) is 6.50. The first-order valence-corrected chi connectivity index (χ1v) is 3.46. The molecule has 1 aromatic heterocycles. The minimum atomic E-state index is -0.795. The number of hydrogen-bond acceptors (Lipinski definition) is 2. The molecule has 60 valence electrons. The highest BCUT2D eigenvalue weighted by Gasteiger charge is 2.05. The van der Waals surface area contributed by atoms with Crippen molar-refractivity contribution in [3.63, 3.8) is 0 Å². The average molecular weight is 155 g/mol. The molecular weight excluding hydrogens is 145 g/mol. The fraction of sp³-hybridized carbons (Fsp3) is 0.375. The molecule has 1 N–H and O–H groups in total. The minimum absolute atomic E-state index is 0.185. The highest BCUT2D eigenvalue weighted by Crippen LogP contribution is 2.17. The summed E-state index contributed by atoms with van der Waals surface area (Å²) in [6, 6.07) is 2.93. The summed E-state index contributed by atoms with van der Waals surface area (Å²) in [6.45, 7) is 3.83. The average Bonchev–Trinajstić information content (AvgIpc) is 1.94. The first kappa shape index (κ1) is 7.98. The molecule has 2 nitrogen and oxygen atoms in total. The van der Waals surface area contributed by atoms with Gasteiger partial charge in [-0.25, -0.2) is 4.98 Å². The lowest BCUT2D eigenvalue weighted by atomic mass is 10.1. The van der Waals surface area contributed by atoms with Crippen LogP contribution in [-0.2, 0) is 0 Å². The van der Waals surface area contributed by atoms with Gasteiger partial charge in [0.1, 0.15) is 0 Å². The van der Waals surface area contributed by atoms with Gasteiger partial charge in [-0.3, -0.25) is 0 Å². The molecule has 1 aromatic rings. The zero-order valence-electron chi connectivity index (χ0n) is 6.50. The summed E-state index contributed by atoms with van der Waals surface area (Å²) in [5.74, 6) is -1.00. The summed E-state index contributed by atoms with van der Waals surface area (Å²) in [7, 11) is 0. The minimum Gasteiger partial charge on any atom is -0.504 e. The third kappa shape index (κ3) is 1.67. The second-order valence-corrected chi connectivity index (χ2v) is 2.70. The van der Waals surface area contributed by atoms with E-state index in [1.807, 2.05) is 13.8 Å². The highest BCUT2D eigenvalue weighted by atomic mass is 19.1. The second kappa shape index (κ2) is 2.86. The van der Waals surface area contributed by atoms with Crippen LogP contribution in [0.4, 0.5) is 4.39 Å². The van der Waals surface area contributed by atoms with Crippen molar-refractivity contribution >= 4 is 0 Å². The summed E-state index contributed by atoms with van der Waals surface area (Å²) in [4.78, 5) is 3.56. The molecule has 0 aliphatic heterocycles. The monoisotopic (exact) mass is 155 g/mol. The quantitative estimate of drug-likeness (QED) is 0.629. The van der Waals surface area contributed by atoms with Crippen LogP contribution in [0, 0.1) is 5.95 Å². The van der Waals surface area contributed by atoms with Crippen molar-refractivity contribution in [2.45, 2.75) is 19.8 Å². The van der Waals surface area contributed by atoms with Crippen molar-refractivity contribution in [3.05, 3.63) is 23.8 Å². The van der Waals surface area contributed by atoms with Crippen molar-refractivity contribution in [2.24, 2.45) is 0 Å². The fourth-order valence-electron chi connectivity index (χ4n) is 0.763. The van der Waals surface area contributed by atoms with E-state index in [9.17, 15) is 4.39 Å². The third-order valence-electron chi connectivity index (χ3n) is 1.44. The smallest absolute Gasteiger partial charge is 0.255 e. The molecule has 0 spiro atoms. The lowest BCUT2D eigenvalue weighted by molar-refractivity contribution is 0.416. The number of pyridine rings is 1. The Morgan fingerprint density at radius 3 is 2.55 bits per heavy atom. The largest absolute Gasteiger partial charge is 0.504 e. The molecule has 3 heteroatoms. The highest BCUT2D eigenvalue weighted by molar-refractivity contribution is 5.21. The first-order valence-electron chi connectivity index (χ1n) is 3.46. The van der Waals surface area contributed by atoms with Crippen molar-refractivity contribution in [3.8, 4) is 5.75 Å². The molecule has 0 atom stereocenters. The molecule has 0 aliphatic rings. The molecule has 0 unspecified atom stereocenters. The van der Waals surface area contributed by atoms with Gasteiger partial charge in [0.25, 0.3) is 5.95 Å². The van der Waals surface area contributed by atoms with Gasteiger partial charge < -0.3 is 5.11 Å². The van der Waals surface area contributed by atoms with Crippen LogP contribution < -0.4 is 0 Å². The molecule has 1 rings (SSSR count). The Balaban J connectivity index is 3.05. The van der Waals surface area contributed by atoms with E-state index in [-0.39, 0.29) is 5.92 Å². The summed E-state index contributed by atoms with van der Waals surface area (Å²) in [6.07, 6.45) is 0. The molecule has 0 radical (unpaired) electrons. The standard InChI is InChI=1S/C8H10FNO/c1-5(2)6-3-4-7(11)8(9)10-6/h3-5,11H,1-2H3. The van der Waals surface area contributed by atoms with Gasteiger partial charge in [-0.2, -0.15) is 4.39 Å². The fourth-order valence-corrected chi connectivity index (χ4v) is 0.763. The Kier molecular flexibility index (Phi) is 2.08. The number of halogens is 1. The van der Waals surface area contributed by atoms with Gasteiger partial charge in [-0.05, 0) is 18.1 Å². The maximum Gasteiger partial charge on any atom is 0.255 e. The van der Waals surface area contributed by atoms with Crippen LogP contribution in [0.2, 0.25) is 0 Å². The molecule has 0 fully saturated rings. The number of aromatic nitrogens is 1. The van der Waals surface area contributed by atoms with Gasteiger partial charge in [-0.15, -0.1) is 0 Å². The van der Waals surface area contributed by atoms with Crippen LogP contribution in [0.25, 0.3) is 0 Å². The molecule has 0 amide bonds. The van der Waals surface area contributed by atoms with E-state index in [2.05, 4.69) is 4.98 Å². The summed E-state index contributed by atoms with van der Waals surface area (Å²) < 4.78 is 12.6. The summed E-state index contributed by atoms with van der Waals surface area (Å²) >= 11 is 0. The Morgan fingerprint density at radius 2 is 2.09 bits per heavy atom. The maximum absolute atomic E-state index is 12.6. The number of nitrogens with zero attached hydrogens (tertiary/aromatic N) is 1. The van der Waals surface area contributed by atoms with E-state index in [0.29, 0.717) is 5.69 Å². The van der Waals surface area contributed by atoms with Crippen LogP contribution in [0.15, 0.2) is 12.1 Å². The normalized spacial score (nSPS) is 10.5. The van der Waals surface area contributed by atoms with Gasteiger partial charge in [-0.1, -0.05) is 13.8 Å². The predicted molar refractivity (Wildman–Crippen MR) is 39.9 cm³/mol. The lowest BCUT2D eigenvalue weighted by Crippen LogP contribution is -1.94. The van der Waals surface area contributed by atoms with E-state index in [0.717, 1.165) is 0 Å². The van der Waals surface area contributed by atoms with E-state index >= 15 is 0 Å². The van der Waals surface area contributed by atoms with Gasteiger partial charge in [0, 0.05) is 5.69 Å².